The molecule has 0 aliphatic carbocycles. The molecule has 0 radical (unpaired) electrons. The van der Waals surface area contributed by atoms with Gasteiger partial charge in [0.15, 0.2) is 17.3 Å². The van der Waals surface area contributed by atoms with Crippen LogP contribution in [0.1, 0.15) is 88.8 Å². The van der Waals surface area contributed by atoms with Gasteiger partial charge in [-0.05, 0) is 101 Å². The number of benzene rings is 3. The molecule has 1 unspecified atom stereocenters. The molecule has 3 aromatic carbocycles. The van der Waals surface area contributed by atoms with Crippen molar-refractivity contribution >= 4 is 126 Å². The number of rotatable bonds is 14. The predicted octanol–water partition coefficient (Wildman–Crippen LogP) is -1.96. The first-order valence-corrected chi connectivity index (χ1v) is 36.0. The average Bonchev–Trinajstić information content (AvgIpc) is 1.76. The molecule has 4 fully saturated rings. The molecule has 0 spiro atoms. The fourth-order valence-electron chi connectivity index (χ4n) is 12.6. The van der Waals surface area contributed by atoms with Crippen molar-refractivity contribution in [3.63, 3.8) is 0 Å². The molecule has 20 N–H and O–H groups in total. The van der Waals surface area contributed by atoms with Gasteiger partial charge in [0, 0.05) is 85.4 Å². The molecule has 2 aromatic heterocycles. The number of nitrogens with one attached hydrogen (secondary N) is 12. The number of hydrogen-bond donors (Lipinski definition) is 16. The fraction of sp³-hybridized carbons (Fsp3) is 0.463. The number of para-hydroxylation sites is 2. The fourth-order valence-corrected chi connectivity index (χ4v) is 15.0. The number of nitrogens with two attached hydrogens (primary N) is 4. The predicted molar refractivity (Wildman–Crippen MR) is 380 cm³/mol. The molecule has 32 nitrogen and oxygen atoms in total. The van der Waals surface area contributed by atoms with Crippen LogP contribution >= 0.6 is 21.6 Å². The second kappa shape index (κ2) is 35.1. The molecule has 4 aliphatic rings. The summed E-state index contributed by atoms with van der Waals surface area (Å²) in [6, 6.07) is 7.80. The average molecular weight is 1430 g/mol. The van der Waals surface area contributed by atoms with E-state index in [1.54, 1.807) is 91.3 Å². The summed E-state index contributed by atoms with van der Waals surface area (Å²) >= 11 is 0. The Balaban J connectivity index is 1.14. The lowest BCUT2D eigenvalue weighted by atomic mass is 10.0. The number of nitrogens with zero attached hydrogens (tertiary/aromatic N) is 4. The van der Waals surface area contributed by atoms with Gasteiger partial charge in [-0.3, -0.25) is 67.5 Å². The number of amides is 12. The first-order valence-electron chi connectivity index (χ1n) is 33.6. The molecule has 9 rings (SSSR count). The minimum absolute atomic E-state index is 0.0166. The molecule has 34 heteroatoms. The molecule has 12 atom stereocenters. The highest BCUT2D eigenvalue weighted by molar-refractivity contribution is 8.77. The Morgan fingerprint density at radius 2 is 0.861 bits per heavy atom. The second-order valence-corrected chi connectivity index (χ2v) is 27.9. The van der Waals surface area contributed by atoms with E-state index in [9.17, 15) is 33.6 Å². The van der Waals surface area contributed by atoms with E-state index in [0.29, 0.717) is 62.1 Å². The highest BCUT2D eigenvalue weighted by atomic mass is 33.1. The van der Waals surface area contributed by atoms with Gasteiger partial charge in [-0.1, -0.05) is 88.3 Å². The monoisotopic (exact) mass is 1430 g/mol. The van der Waals surface area contributed by atoms with Crippen molar-refractivity contribution in [2.24, 2.45) is 32.9 Å². The van der Waals surface area contributed by atoms with E-state index in [1.807, 2.05) is 0 Å². The third kappa shape index (κ3) is 20.0. The molecule has 540 valence electrons. The van der Waals surface area contributed by atoms with Gasteiger partial charge in [0.2, 0.25) is 65.0 Å². The Bertz CT molecular complexity index is 3930. The zero-order chi connectivity index (χ0) is 72.4. The summed E-state index contributed by atoms with van der Waals surface area (Å²) in [7, 11) is 1.50. The number of carbonyl (C=O) groups is 12. The number of guanidine groups is 2. The van der Waals surface area contributed by atoms with E-state index in [4.69, 9.17) is 22.9 Å². The van der Waals surface area contributed by atoms with Crippen LogP contribution in [0, 0.1) is 0 Å². The van der Waals surface area contributed by atoms with Crippen LogP contribution in [0.2, 0.25) is 0 Å². The number of aliphatic imine (C=N–C) groups is 2. The molecule has 4 aliphatic heterocycles. The van der Waals surface area contributed by atoms with Gasteiger partial charge in [-0.2, -0.15) is 0 Å². The van der Waals surface area contributed by atoms with Crippen molar-refractivity contribution in [2.75, 3.05) is 31.9 Å². The molecule has 2 bridgehead atoms. The van der Waals surface area contributed by atoms with Crippen LogP contribution in [0.4, 0.5) is 0 Å². The SMILES string of the molecule is C[C@@H]1NC(=O)C2NC(=O)[C@H](Cc3c[nH]c4ccccc34)NC(=O)[C@H](CCCN=C(N)N)NC(=O)[C@@H](Cc3ccccc3)NC(=O)[C@@H]3CCCN3C(=O)[C@H](C)NC(=O)[C@H](CSS2)NC(=O)[C@H](Cc2c[nH]c3ccccc23)NC(=O)[C@H](CCCN=C(N)N)NC(=O)[C@@H](C)NC(=O)[C@@H]2CCCN2C1=O. The zero-order valence-corrected chi connectivity index (χ0v) is 57.8. The molecule has 0 saturated carbocycles. The lowest BCUT2D eigenvalue weighted by Gasteiger charge is -2.31. The van der Waals surface area contributed by atoms with E-state index in [0.717, 1.165) is 10.8 Å². The Morgan fingerprint density at radius 1 is 0.446 bits per heavy atom. The van der Waals surface area contributed by atoms with Gasteiger partial charge < -0.3 is 95.9 Å². The Hall–Kier alpha value is -10.4. The van der Waals surface area contributed by atoms with Gasteiger partial charge in [-0.15, -0.1) is 0 Å². The summed E-state index contributed by atoms with van der Waals surface area (Å²) in [5.41, 5.74) is 25.7. The highest BCUT2D eigenvalue weighted by Gasteiger charge is 2.42. The quantitative estimate of drug-likeness (QED) is 0.0248. The maximum Gasteiger partial charge on any atom is 0.254 e. The third-order valence-corrected chi connectivity index (χ3v) is 20.5. The number of fused-ring (bicyclic) bond motifs is 8. The van der Waals surface area contributed by atoms with Crippen molar-refractivity contribution in [1.29, 1.82) is 0 Å². The molecule has 101 heavy (non-hydrogen) atoms. The molecule has 5 aromatic rings. The van der Waals surface area contributed by atoms with Crippen LogP contribution in [0.25, 0.3) is 21.8 Å². The number of aromatic amines is 2. The molecular weight excluding hydrogens is 1340 g/mol. The van der Waals surface area contributed by atoms with Crippen LogP contribution in [0.3, 0.4) is 0 Å². The molecule has 6 heterocycles. The second-order valence-electron chi connectivity index (χ2n) is 25.4. The molecule has 12 amide bonds. The van der Waals surface area contributed by atoms with Gasteiger partial charge in [0.25, 0.3) is 5.91 Å². The standard InChI is InChI=1S/C67H88N20O12S2/c1-35-53(88)79-45(21-11-25-72-66(68)69)54(89)81-48(30-39-32-74-43-19-9-7-17-41(39)43)57(92)84-50-34-100-101-63(62(97)78-37(3)65(99)86-27-13-23-51(86)60(95)76-35)85-58(93)49(31-40-33-75-44-20-10-8-18-42(40)44)82-55(90)46(22-12-26-73-67(70)71)80-56(91)47(29-38-15-5-4-6-16-38)83-61(96)52-24-14-28-87(52)64(98)36(2)77-59(50)94/h4-10,15-20,32-33,35-37,45-52,63,74-75H,11-14,21-31,34H2,1-3H3,(H,76,95)(H,77,94)(H,78,97)(H,79,88)(H,80,91)(H,81,89)(H,82,90)(H,83,96)(H,84,92)(H,85,93)(H4,68,69,72)(H4,70,71,73)/t35-,36+,37+,45+,46+,47-,48+,49+,50+,51+,52+,63?/m1/s1. The summed E-state index contributed by atoms with van der Waals surface area (Å²) in [6.45, 7) is 4.33. The zero-order valence-electron chi connectivity index (χ0n) is 56.2. The number of carbonyl (C=O) groups excluding carboxylic acids is 12. The van der Waals surface area contributed by atoms with E-state index in [2.05, 4.69) is 73.1 Å². The summed E-state index contributed by atoms with van der Waals surface area (Å²) in [5, 5.41) is 27.2. The maximum atomic E-state index is 15.4. The third-order valence-electron chi connectivity index (χ3n) is 18.0. The summed E-state index contributed by atoms with van der Waals surface area (Å²) in [6.07, 6.45) is 3.86. The summed E-state index contributed by atoms with van der Waals surface area (Å²) in [5.74, 6) is -10.9. The maximum absolute atomic E-state index is 15.4. The molecular formula is C67H88N20O12S2. The summed E-state index contributed by atoms with van der Waals surface area (Å²) < 4.78 is 0. The normalized spacial score (nSPS) is 26.1. The Labute approximate surface area is 589 Å². The Kier molecular flexibility index (Phi) is 26.0. The van der Waals surface area contributed by atoms with Crippen LogP contribution in [-0.2, 0) is 76.8 Å². The lowest BCUT2D eigenvalue weighted by Crippen LogP contribution is -2.61. The van der Waals surface area contributed by atoms with Crippen LogP contribution in [-0.4, -0.2) is 206 Å². The van der Waals surface area contributed by atoms with Crippen molar-refractivity contribution in [3.8, 4) is 0 Å². The van der Waals surface area contributed by atoms with E-state index in [-0.39, 0.29) is 95.9 Å². The summed E-state index contributed by atoms with van der Waals surface area (Å²) in [4.78, 5) is 195. The number of aromatic nitrogens is 2. The van der Waals surface area contributed by atoms with E-state index in [1.165, 1.54) is 30.6 Å². The number of hydrogen-bond acceptors (Lipinski definition) is 16. The van der Waals surface area contributed by atoms with Crippen LogP contribution in [0.15, 0.2) is 101 Å². The minimum Gasteiger partial charge on any atom is -0.370 e. The van der Waals surface area contributed by atoms with Crippen LogP contribution < -0.4 is 76.1 Å². The first kappa shape index (κ1) is 74.8. The minimum atomic E-state index is -1.71. The van der Waals surface area contributed by atoms with Crippen molar-refractivity contribution < 1.29 is 57.5 Å². The smallest absolute Gasteiger partial charge is 0.254 e. The Morgan fingerprint density at radius 3 is 1.39 bits per heavy atom. The van der Waals surface area contributed by atoms with Crippen LogP contribution in [0.5, 0.6) is 0 Å². The van der Waals surface area contributed by atoms with Gasteiger partial charge in [-0.25, -0.2) is 0 Å². The largest absolute Gasteiger partial charge is 0.370 e. The van der Waals surface area contributed by atoms with Crippen molar-refractivity contribution in [3.05, 3.63) is 108 Å². The topological polar surface area (TPSA) is 492 Å². The van der Waals surface area contributed by atoms with E-state index >= 15 is 24.0 Å². The van der Waals surface area contributed by atoms with Gasteiger partial charge >= 0.3 is 0 Å². The number of H-pyrrole nitrogens is 2. The van der Waals surface area contributed by atoms with E-state index < -0.39 is 148 Å². The first-order chi connectivity index (χ1) is 48.4. The van der Waals surface area contributed by atoms with Gasteiger partial charge in [0.1, 0.15) is 66.5 Å². The molecule has 4 saturated heterocycles. The van der Waals surface area contributed by atoms with Crippen molar-refractivity contribution in [1.82, 2.24) is 72.9 Å². The lowest BCUT2D eigenvalue weighted by molar-refractivity contribution is -0.142. The van der Waals surface area contributed by atoms with Crippen molar-refractivity contribution in [2.45, 2.75) is 163 Å². The van der Waals surface area contributed by atoms with Gasteiger partial charge in [0.05, 0.1) is 0 Å². The highest BCUT2D eigenvalue weighted by Crippen LogP contribution is 2.29.